The summed E-state index contributed by atoms with van der Waals surface area (Å²) in [7, 11) is 1.86. The molecule has 2 nitrogen and oxygen atoms in total. The van der Waals surface area contributed by atoms with Gasteiger partial charge in [-0.25, -0.2) is 4.39 Å². The van der Waals surface area contributed by atoms with Crippen molar-refractivity contribution in [2.45, 2.75) is 20.1 Å². The maximum atomic E-state index is 13.8. The number of aryl methyl sites for hydroxylation is 1. The molecule has 0 aliphatic heterocycles. The van der Waals surface area contributed by atoms with Crippen LogP contribution in [-0.4, -0.2) is 7.05 Å². The normalized spacial score (nSPS) is 10.6. The highest BCUT2D eigenvalue weighted by atomic mass is 35.5. The van der Waals surface area contributed by atoms with Crippen LogP contribution < -0.4 is 10.1 Å². The summed E-state index contributed by atoms with van der Waals surface area (Å²) in [5.74, 6) is 0.462. The molecule has 0 fully saturated rings. The summed E-state index contributed by atoms with van der Waals surface area (Å²) >= 11 is 5.89. The quantitative estimate of drug-likeness (QED) is 0.896. The summed E-state index contributed by atoms with van der Waals surface area (Å²) in [6, 6.07) is 10.4. The average Bonchev–Trinajstić information content (AvgIpc) is 2.41. The third-order valence-corrected chi connectivity index (χ3v) is 3.25. The van der Waals surface area contributed by atoms with Gasteiger partial charge in [0.1, 0.15) is 18.2 Å². The van der Waals surface area contributed by atoms with Crippen molar-refractivity contribution in [3.8, 4) is 5.75 Å². The third-order valence-electron chi connectivity index (χ3n) is 3.01. The van der Waals surface area contributed by atoms with Crippen molar-refractivity contribution in [1.82, 2.24) is 5.32 Å². The molecule has 106 valence electrons. The molecule has 0 aromatic heterocycles. The lowest BCUT2D eigenvalue weighted by Gasteiger charge is -2.11. The zero-order valence-electron chi connectivity index (χ0n) is 11.5. The largest absolute Gasteiger partial charge is 0.489 e. The summed E-state index contributed by atoms with van der Waals surface area (Å²) in [6.07, 6.45) is 0. The molecule has 0 aliphatic rings. The van der Waals surface area contributed by atoms with Gasteiger partial charge in [-0.15, -0.1) is 0 Å². The van der Waals surface area contributed by atoms with Gasteiger partial charge < -0.3 is 10.1 Å². The fraction of sp³-hybridized carbons (Fsp3) is 0.250. The molecule has 0 unspecified atom stereocenters. The van der Waals surface area contributed by atoms with Gasteiger partial charge in [0.15, 0.2) is 0 Å². The summed E-state index contributed by atoms with van der Waals surface area (Å²) in [4.78, 5) is 0. The van der Waals surface area contributed by atoms with Crippen LogP contribution in [0.1, 0.15) is 16.7 Å². The van der Waals surface area contributed by atoms with Crippen LogP contribution in [0, 0.1) is 12.7 Å². The van der Waals surface area contributed by atoms with E-state index in [1.165, 1.54) is 6.07 Å². The Bertz CT molecular complexity index is 601. The lowest BCUT2D eigenvalue weighted by atomic mass is 10.1. The molecule has 0 atom stereocenters. The fourth-order valence-electron chi connectivity index (χ4n) is 1.98. The lowest BCUT2D eigenvalue weighted by molar-refractivity contribution is 0.297. The topological polar surface area (TPSA) is 21.3 Å². The predicted octanol–water partition coefficient (Wildman–Crippen LogP) is 4.09. The minimum Gasteiger partial charge on any atom is -0.489 e. The van der Waals surface area contributed by atoms with E-state index < -0.39 is 0 Å². The van der Waals surface area contributed by atoms with Gasteiger partial charge in [-0.1, -0.05) is 17.7 Å². The summed E-state index contributed by atoms with van der Waals surface area (Å²) in [5, 5.41) is 3.71. The number of halogens is 2. The maximum absolute atomic E-state index is 13.8. The second kappa shape index (κ2) is 6.73. The van der Waals surface area contributed by atoms with E-state index in [0.717, 1.165) is 11.1 Å². The molecule has 2 aromatic carbocycles. The van der Waals surface area contributed by atoms with Crippen LogP contribution in [0.15, 0.2) is 36.4 Å². The average molecular weight is 294 g/mol. The monoisotopic (exact) mass is 293 g/mol. The van der Waals surface area contributed by atoms with Crippen molar-refractivity contribution in [1.29, 1.82) is 0 Å². The van der Waals surface area contributed by atoms with Crippen molar-refractivity contribution >= 4 is 11.6 Å². The zero-order chi connectivity index (χ0) is 14.5. The van der Waals surface area contributed by atoms with E-state index >= 15 is 0 Å². The zero-order valence-corrected chi connectivity index (χ0v) is 12.3. The van der Waals surface area contributed by atoms with Crippen LogP contribution in [0.3, 0.4) is 0 Å². The number of ether oxygens (including phenoxy) is 1. The van der Waals surface area contributed by atoms with E-state index in [1.54, 1.807) is 18.2 Å². The molecule has 0 amide bonds. The van der Waals surface area contributed by atoms with Crippen LogP contribution in [0.5, 0.6) is 5.75 Å². The van der Waals surface area contributed by atoms with E-state index in [4.69, 9.17) is 16.3 Å². The minimum atomic E-state index is -0.253. The van der Waals surface area contributed by atoms with Gasteiger partial charge in [-0.05, 0) is 55.4 Å². The SMILES string of the molecule is CNCc1ccc(F)c(COc2ccc(Cl)cc2C)c1. The van der Waals surface area contributed by atoms with Crippen LogP contribution >= 0.6 is 11.6 Å². The Morgan fingerprint density at radius 3 is 2.70 bits per heavy atom. The Hall–Kier alpha value is -1.58. The minimum absolute atomic E-state index is 0.200. The van der Waals surface area contributed by atoms with Crippen LogP contribution in [0.4, 0.5) is 4.39 Å². The van der Waals surface area contributed by atoms with E-state index in [1.807, 2.05) is 26.1 Å². The van der Waals surface area contributed by atoms with Crippen molar-refractivity contribution in [3.63, 3.8) is 0 Å². The maximum Gasteiger partial charge on any atom is 0.129 e. The first-order chi connectivity index (χ1) is 9.60. The standard InChI is InChI=1S/C16H17ClFNO/c1-11-7-14(17)4-6-16(11)20-10-13-8-12(9-19-2)3-5-15(13)18/h3-8,19H,9-10H2,1-2H3. The Morgan fingerprint density at radius 2 is 2.00 bits per heavy atom. The summed E-state index contributed by atoms with van der Waals surface area (Å²) < 4.78 is 19.4. The van der Waals surface area contributed by atoms with Gasteiger partial charge in [0.2, 0.25) is 0 Å². The molecule has 1 N–H and O–H groups in total. The smallest absolute Gasteiger partial charge is 0.129 e. The highest BCUT2D eigenvalue weighted by molar-refractivity contribution is 6.30. The molecule has 4 heteroatoms. The van der Waals surface area contributed by atoms with E-state index in [9.17, 15) is 4.39 Å². The van der Waals surface area contributed by atoms with Crippen LogP contribution in [0.2, 0.25) is 5.02 Å². The Labute approximate surface area is 123 Å². The van der Waals surface area contributed by atoms with Gasteiger partial charge >= 0.3 is 0 Å². The van der Waals surface area contributed by atoms with Crippen molar-refractivity contribution in [2.24, 2.45) is 0 Å². The highest BCUT2D eigenvalue weighted by Crippen LogP contribution is 2.23. The summed E-state index contributed by atoms with van der Waals surface area (Å²) in [6.45, 7) is 2.81. The van der Waals surface area contributed by atoms with Crippen molar-refractivity contribution in [2.75, 3.05) is 7.05 Å². The molecule has 0 aliphatic carbocycles. The molecule has 20 heavy (non-hydrogen) atoms. The second-order valence-electron chi connectivity index (χ2n) is 4.65. The molecule has 2 aromatic rings. The van der Waals surface area contributed by atoms with Gasteiger partial charge in [-0.2, -0.15) is 0 Å². The van der Waals surface area contributed by atoms with Gasteiger partial charge in [0.25, 0.3) is 0 Å². The Balaban J connectivity index is 2.11. The van der Waals surface area contributed by atoms with E-state index in [0.29, 0.717) is 22.9 Å². The van der Waals surface area contributed by atoms with Crippen molar-refractivity contribution < 1.29 is 9.13 Å². The number of rotatable bonds is 5. The molecule has 0 heterocycles. The molecule has 0 bridgehead atoms. The lowest BCUT2D eigenvalue weighted by Crippen LogP contribution is -2.07. The molecule has 2 rings (SSSR count). The molecule has 0 radical (unpaired) electrons. The number of hydrogen-bond donors (Lipinski definition) is 1. The van der Waals surface area contributed by atoms with Crippen LogP contribution in [0.25, 0.3) is 0 Å². The van der Waals surface area contributed by atoms with Crippen LogP contribution in [-0.2, 0) is 13.2 Å². The third kappa shape index (κ3) is 3.71. The second-order valence-corrected chi connectivity index (χ2v) is 5.09. The predicted molar refractivity (Wildman–Crippen MR) is 79.7 cm³/mol. The highest BCUT2D eigenvalue weighted by Gasteiger charge is 2.06. The van der Waals surface area contributed by atoms with Gasteiger partial charge in [0, 0.05) is 17.1 Å². The first-order valence-corrected chi connectivity index (χ1v) is 6.79. The number of nitrogens with one attached hydrogen (secondary N) is 1. The van der Waals surface area contributed by atoms with Gasteiger partial charge in [-0.3, -0.25) is 0 Å². The van der Waals surface area contributed by atoms with E-state index in [2.05, 4.69) is 5.32 Å². The fourth-order valence-corrected chi connectivity index (χ4v) is 2.21. The molecule has 0 saturated heterocycles. The van der Waals surface area contributed by atoms with Gasteiger partial charge in [0.05, 0.1) is 0 Å². The molecular formula is C16H17ClFNO. The first kappa shape index (κ1) is 14.8. The molecular weight excluding hydrogens is 277 g/mol. The first-order valence-electron chi connectivity index (χ1n) is 6.41. The Kier molecular flexibility index (Phi) is 4.99. The molecule has 0 spiro atoms. The Morgan fingerprint density at radius 1 is 1.20 bits per heavy atom. The summed E-state index contributed by atoms with van der Waals surface area (Å²) in [5.41, 5.74) is 2.51. The number of hydrogen-bond acceptors (Lipinski definition) is 2. The van der Waals surface area contributed by atoms with E-state index in [-0.39, 0.29) is 12.4 Å². The van der Waals surface area contributed by atoms with Crippen molar-refractivity contribution in [3.05, 3.63) is 63.9 Å². The molecule has 0 saturated carbocycles. The number of benzene rings is 2.